The number of ether oxygens (including phenoxy) is 1. The molecule has 2 rings (SSSR count). The fraction of sp³-hybridized carbons (Fsp3) is 0.250. The van der Waals surface area contributed by atoms with Crippen molar-refractivity contribution in [3.63, 3.8) is 0 Å². The quantitative estimate of drug-likeness (QED) is 0.752. The predicted octanol–water partition coefficient (Wildman–Crippen LogP) is 2.94. The van der Waals surface area contributed by atoms with Gasteiger partial charge in [-0.3, -0.25) is 0 Å². The molecule has 0 bridgehead atoms. The van der Waals surface area contributed by atoms with Crippen molar-refractivity contribution < 1.29 is 9.13 Å². The van der Waals surface area contributed by atoms with Gasteiger partial charge in [-0.05, 0) is 23.4 Å². The molecule has 0 radical (unpaired) electrons. The molecule has 2 aromatic rings. The first kappa shape index (κ1) is 9.90. The van der Waals surface area contributed by atoms with Crippen LogP contribution in [0.3, 0.4) is 0 Å². The Bertz CT molecular complexity index is 496. The molecule has 0 unspecified atom stereocenters. The first-order chi connectivity index (χ1) is 7.26. The summed E-state index contributed by atoms with van der Waals surface area (Å²) in [4.78, 5) is 4.09. The van der Waals surface area contributed by atoms with Crippen molar-refractivity contribution in [1.29, 1.82) is 0 Å². The minimum Gasteiger partial charge on any atom is -0.481 e. The van der Waals surface area contributed by atoms with Gasteiger partial charge in [-0.1, -0.05) is 13.0 Å². The minimum atomic E-state index is -0.169. The molecule has 1 heterocycles. The average molecular weight is 205 g/mol. The van der Waals surface area contributed by atoms with Crippen LogP contribution in [-0.2, 0) is 6.42 Å². The number of fused-ring (bicyclic) bond motifs is 1. The Kier molecular flexibility index (Phi) is 2.54. The Morgan fingerprint density at radius 2 is 2.20 bits per heavy atom. The molecule has 0 saturated heterocycles. The number of hydrogen-bond donors (Lipinski definition) is 0. The number of halogens is 1. The number of aromatic nitrogens is 1. The summed E-state index contributed by atoms with van der Waals surface area (Å²) in [5, 5.41) is 1.82. The molecule has 0 atom stereocenters. The van der Waals surface area contributed by atoms with Gasteiger partial charge in [0.1, 0.15) is 5.82 Å². The van der Waals surface area contributed by atoms with Crippen LogP contribution in [-0.4, -0.2) is 12.1 Å². The van der Waals surface area contributed by atoms with Crippen molar-refractivity contribution in [1.82, 2.24) is 4.98 Å². The molecule has 78 valence electrons. The normalized spacial score (nSPS) is 10.6. The second-order valence-electron chi connectivity index (χ2n) is 3.33. The standard InChI is InChI=1S/C12H12FNO/c1-3-9-10-7-14-12(15-2)6-8(10)4-5-11(9)13/h4-7H,3H2,1-2H3. The molecule has 1 aromatic carbocycles. The van der Waals surface area contributed by atoms with E-state index in [2.05, 4.69) is 4.98 Å². The third kappa shape index (κ3) is 1.65. The lowest BCUT2D eigenvalue weighted by molar-refractivity contribution is 0.398. The zero-order valence-electron chi connectivity index (χ0n) is 8.75. The highest BCUT2D eigenvalue weighted by atomic mass is 19.1. The summed E-state index contributed by atoms with van der Waals surface area (Å²) in [5.74, 6) is 0.383. The molecular formula is C12H12FNO. The van der Waals surface area contributed by atoms with Gasteiger partial charge in [0.2, 0.25) is 5.88 Å². The number of benzene rings is 1. The second kappa shape index (κ2) is 3.85. The van der Waals surface area contributed by atoms with Crippen LogP contribution < -0.4 is 4.74 Å². The second-order valence-corrected chi connectivity index (χ2v) is 3.33. The summed E-state index contributed by atoms with van der Waals surface area (Å²) >= 11 is 0. The molecule has 0 saturated carbocycles. The molecule has 0 aliphatic rings. The monoisotopic (exact) mass is 205 g/mol. The Balaban J connectivity index is 2.72. The van der Waals surface area contributed by atoms with Crippen LogP contribution in [0, 0.1) is 5.82 Å². The lowest BCUT2D eigenvalue weighted by atomic mass is 10.0. The van der Waals surface area contributed by atoms with E-state index in [4.69, 9.17) is 4.74 Å². The third-order valence-corrected chi connectivity index (χ3v) is 2.50. The van der Waals surface area contributed by atoms with Crippen LogP contribution in [0.1, 0.15) is 12.5 Å². The summed E-state index contributed by atoms with van der Waals surface area (Å²) in [6.07, 6.45) is 2.33. The Morgan fingerprint density at radius 1 is 1.40 bits per heavy atom. The summed E-state index contributed by atoms with van der Waals surface area (Å²) in [6, 6.07) is 5.04. The van der Waals surface area contributed by atoms with Crippen LogP contribution in [0.15, 0.2) is 24.4 Å². The van der Waals surface area contributed by atoms with Crippen molar-refractivity contribution in [2.45, 2.75) is 13.3 Å². The molecule has 1 aromatic heterocycles. The van der Waals surface area contributed by atoms with Gasteiger partial charge in [-0.25, -0.2) is 9.37 Å². The van der Waals surface area contributed by atoms with E-state index in [-0.39, 0.29) is 5.82 Å². The van der Waals surface area contributed by atoms with Gasteiger partial charge < -0.3 is 4.74 Å². The lowest BCUT2D eigenvalue weighted by Gasteiger charge is -2.06. The van der Waals surface area contributed by atoms with E-state index >= 15 is 0 Å². The summed E-state index contributed by atoms with van der Waals surface area (Å²) in [7, 11) is 1.57. The highest BCUT2D eigenvalue weighted by molar-refractivity contribution is 5.85. The molecule has 0 aliphatic carbocycles. The van der Waals surface area contributed by atoms with E-state index in [1.165, 1.54) is 6.07 Å². The number of pyridine rings is 1. The molecule has 2 nitrogen and oxygen atoms in total. The van der Waals surface area contributed by atoms with Crippen molar-refractivity contribution in [3.05, 3.63) is 35.8 Å². The fourth-order valence-electron chi connectivity index (χ4n) is 1.70. The maximum atomic E-state index is 13.4. The first-order valence-corrected chi connectivity index (χ1v) is 4.87. The maximum Gasteiger partial charge on any atom is 0.213 e. The third-order valence-electron chi connectivity index (χ3n) is 2.50. The van der Waals surface area contributed by atoms with Gasteiger partial charge in [0.05, 0.1) is 7.11 Å². The van der Waals surface area contributed by atoms with E-state index < -0.39 is 0 Å². The molecule has 0 fully saturated rings. The van der Waals surface area contributed by atoms with Gasteiger partial charge >= 0.3 is 0 Å². The molecule has 3 heteroatoms. The number of hydrogen-bond acceptors (Lipinski definition) is 2. The molecule has 0 N–H and O–H groups in total. The van der Waals surface area contributed by atoms with Crippen molar-refractivity contribution >= 4 is 10.8 Å². The summed E-state index contributed by atoms with van der Waals surface area (Å²) in [5.41, 5.74) is 0.711. The van der Waals surface area contributed by atoms with Crippen molar-refractivity contribution in [2.75, 3.05) is 7.11 Å². The van der Waals surface area contributed by atoms with E-state index in [1.54, 1.807) is 19.4 Å². The van der Waals surface area contributed by atoms with Crippen LogP contribution in [0.2, 0.25) is 0 Å². The molecular weight excluding hydrogens is 193 g/mol. The Morgan fingerprint density at radius 3 is 2.87 bits per heavy atom. The predicted molar refractivity (Wildman–Crippen MR) is 57.6 cm³/mol. The number of aryl methyl sites for hydroxylation is 1. The number of nitrogens with zero attached hydrogens (tertiary/aromatic N) is 1. The zero-order valence-corrected chi connectivity index (χ0v) is 8.75. The smallest absolute Gasteiger partial charge is 0.213 e. The largest absolute Gasteiger partial charge is 0.481 e. The highest BCUT2D eigenvalue weighted by Crippen LogP contribution is 2.24. The molecule has 15 heavy (non-hydrogen) atoms. The van der Waals surface area contributed by atoms with E-state index in [9.17, 15) is 4.39 Å². The van der Waals surface area contributed by atoms with Crippen LogP contribution in [0.25, 0.3) is 10.8 Å². The summed E-state index contributed by atoms with van der Waals surface area (Å²) in [6.45, 7) is 1.93. The SMILES string of the molecule is CCc1c(F)ccc2cc(OC)ncc12. The minimum absolute atomic E-state index is 0.169. The lowest BCUT2D eigenvalue weighted by Crippen LogP contribution is -1.92. The van der Waals surface area contributed by atoms with E-state index in [1.807, 2.05) is 13.0 Å². The van der Waals surface area contributed by atoms with Gasteiger partial charge in [-0.15, -0.1) is 0 Å². The van der Waals surface area contributed by atoms with Gasteiger partial charge in [-0.2, -0.15) is 0 Å². The number of methoxy groups -OCH3 is 1. The molecule has 0 aliphatic heterocycles. The zero-order chi connectivity index (χ0) is 10.8. The first-order valence-electron chi connectivity index (χ1n) is 4.87. The van der Waals surface area contributed by atoms with Gasteiger partial charge in [0, 0.05) is 17.6 Å². The van der Waals surface area contributed by atoms with Crippen LogP contribution in [0.5, 0.6) is 5.88 Å². The topological polar surface area (TPSA) is 22.1 Å². The Labute approximate surface area is 87.7 Å². The van der Waals surface area contributed by atoms with Crippen molar-refractivity contribution in [3.8, 4) is 5.88 Å². The highest BCUT2D eigenvalue weighted by Gasteiger charge is 2.06. The van der Waals surface area contributed by atoms with Crippen molar-refractivity contribution in [2.24, 2.45) is 0 Å². The fourth-order valence-corrected chi connectivity index (χ4v) is 1.70. The van der Waals surface area contributed by atoms with Gasteiger partial charge in [0.15, 0.2) is 0 Å². The van der Waals surface area contributed by atoms with E-state index in [0.29, 0.717) is 17.9 Å². The average Bonchev–Trinajstić information content (AvgIpc) is 2.28. The van der Waals surface area contributed by atoms with E-state index in [0.717, 1.165) is 10.8 Å². The molecule has 0 amide bonds. The molecule has 0 spiro atoms. The van der Waals surface area contributed by atoms with Crippen LogP contribution >= 0.6 is 0 Å². The Hall–Kier alpha value is -1.64. The summed E-state index contributed by atoms with van der Waals surface area (Å²) < 4.78 is 18.5. The van der Waals surface area contributed by atoms with Crippen LogP contribution in [0.4, 0.5) is 4.39 Å². The number of rotatable bonds is 2. The maximum absolute atomic E-state index is 13.4. The van der Waals surface area contributed by atoms with Gasteiger partial charge in [0.25, 0.3) is 0 Å².